The van der Waals surface area contributed by atoms with Crippen molar-refractivity contribution >= 4 is 43.9 Å². The molecule has 0 fully saturated rings. The number of para-hydroxylation sites is 1. The number of rotatable bonds is 6. The van der Waals surface area contributed by atoms with Gasteiger partial charge in [0, 0.05) is 27.8 Å². The Bertz CT molecular complexity index is 1360. The van der Waals surface area contributed by atoms with Gasteiger partial charge in [-0.05, 0) is 48.4 Å². The van der Waals surface area contributed by atoms with Crippen molar-refractivity contribution in [1.29, 1.82) is 0 Å². The normalized spacial score (nSPS) is 11.5. The summed E-state index contributed by atoms with van der Waals surface area (Å²) in [4.78, 5) is 12.8. The largest absolute Gasteiger partial charge is 0.337 e. The molecule has 158 valence electrons. The van der Waals surface area contributed by atoms with Crippen LogP contribution in [0.25, 0.3) is 10.9 Å². The van der Waals surface area contributed by atoms with E-state index in [-0.39, 0.29) is 23.1 Å². The zero-order valence-corrected chi connectivity index (χ0v) is 18.5. The van der Waals surface area contributed by atoms with Crippen LogP contribution in [0.2, 0.25) is 5.02 Å². The fraction of sp³-hybridized carbons (Fsp3) is 0.125. The van der Waals surface area contributed by atoms with E-state index >= 15 is 0 Å². The SMILES string of the molecule is Cc1cccc(NC(=O)Cn2cc(S(=O)(=O)Cc3ccc(Cl)cc3)c3ccccc32)c1. The first-order valence-electron chi connectivity index (χ1n) is 9.73. The zero-order valence-electron chi connectivity index (χ0n) is 16.9. The Morgan fingerprint density at radius 3 is 2.48 bits per heavy atom. The predicted octanol–water partition coefficient (Wildman–Crippen LogP) is 5.22. The number of sulfone groups is 1. The van der Waals surface area contributed by atoms with E-state index < -0.39 is 9.84 Å². The summed E-state index contributed by atoms with van der Waals surface area (Å²) in [6.07, 6.45) is 1.55. The minimum Gasteiger partial charge on any atom is -0.337 e. The maximum absolute atomic E-state index is 13.2. The van der Waals surface area contributed by atoms with Gasteiger partial charge in [0.15, 0.2) is 9.84 Å². The molecule has 5 nitrogen and oxygen atoms in total. The number of fused-ring (bicyclic) bond motifs is 1. The first kappa shape index (κ1) is 21.2. The maximum atomic E-state index is 13.2. The number of benzene rings is 3. The molecule has 0 bridgehead atoms. The molecule has 0 aliphatic rings. The standard InChI is InChI=1S/C24H21ClN2O3S/c1-17-5-4-6-20(13-17)26-24(28)15-27-14-23(21-7-2-3-8-22(21)27)31(29,30)16-18-9-11-19(25)12-10-18/h2-14H,15-16H2,1H3,(H,26,28). The van der Waals surface area contributed by atoms with Gasteiger partial charge in [0.05, 0.1) is 10.6 Å². The molecule has 7 heteroatoms. The molecule has 0 spiro atoms. The maximum Gasteiger partial charge on any atom is 0.244 e. The molecular weight excluding hydrogens is 432 g/mol. The van der Waals surface area contributed by atoms with Crippen molar-refractivity contribution in [3.05, 3.63) is 95.1 Å². The number of carbonyl (C=O) groups excluding carboxylic acids is 1. The number of aromatic nitrogens is 1. The lowest BCUT2D eigenvalue weighted by atomic mass is 10.2. The molecule has 0 unspecified atom stereocenters. The van der Waals surface area contributed by atoms with Gasteiger partial charge in [-0.15, -0.1) is 0 Å². The number of nitrogens with one attached hydrogen (secondary N) is 1. The molecule has 3 aromatic carbocycles. The lowest BCUT2D eigenvalue weighted by Gasteiger charge is -2.08. The topological polar surface area (TPSA) is 68.2 Å². The van der Waals surface area contributed by atoms with Crippen molar-refractivity contribution in [2.45, 2.75) is 24.1 Å². The number of aryl methyl sites for hydroxylation is 1. The van der Waals surface area contributed by atoms with Crippen LogP contribution in [0.5, 0.6) is 0 Å². The third-order valence-corrected chi connectivity index (χ3v) is 6.93. The van der Waals surface area contributed by atoms with Gasteiger partial charge in [0.25, 0.3) is 0 Å². The Morgan fingerprint density at radius 1 is 1.00 bits per heavy atom. The van der Waals surface area contributed by atoms with Gasteiger partial charge in [-0.25, -0.2) is 8.42 Å². The van der Waals surface area contributed by atoms with E-state index in [4.69, 9.17) is 11.6 Å². The number of amides is 1. The molecule has 0 atom stereocenters. The van der Waals surface area contributed by atoms with Crippen LogP contribution in [-0.4, -0.2) is 18.9 Å². The summed E-state index contributed by atoms with van der Waals surface area (Å²) >= 11 is 5.91. The molecule has 0 saturated heterocycles. The molecule has 0 radical (unpaired) electrons. The zero-order chi connectivity index (χ0) is 22.0. The van der Waals surface area contributed by atoms with E-state index in [1.54, 1.807) is 47.2 Å². The molecule has 1 N–H and O–H groups in total. The van der Waals surface area contributed by atoms with Gasteiger partial charge < -0.3 is 9.88 Å². The second kappa shape index (κ2) is 8.57. The lowest BCUT2D eigenvalue weighted by molar-refractivity contribution is -0.116. The number of nitrogens with zero attached hydrogens (tertiary/aromatic N) is 1. The Labute approximate surface area is 186 Å². The van der Waals surface area contributed by atoms with Crippen molar-refractivity contribution in [1.82, 2.24) is 4.57 Å². The van der Waals surface area contributed by atoms with E-state index in [1.165, 1.54) is 0 Å². The summed E-state index contributed by atoms with van der Waals surface area (Å²) in [7, 11) is -3.63. The van der Waals surface area contributed by atoms with E-state index in [0.29, 0.717) is 27.2 Å². The van der Waals surface area contributed by atoms with Crippen molar-refractivity contribution in [2.75, 3.05) is 5.32 Å². The third kappa shape index (κ3) is 4.81. The summed E-state index contributed by atoms with van der Waals surface area (Å²) in [6, 6.07) is 21.5. The molecule has 0 aliphatic carbocycles. The highest BCUT2D eigenvalue weighted by Crippen LogP contribution is 2.28. The second-order valence-electron chi connectivity index (χ2n) is 7.44. The van der Waals surface area contributed by atoms with Crippen LogP contribution >= 0.6 is 11.6 Å². The molecule has 1 aromatic heterocycles. The lowest BCUT2D eigenvalue weighted by Crippen LogP contribution is -2.18. The summed E-state index contributed by atoms with van der Waals surface area (Å²) in [5, 5.41) is 4.02. The first-order chi connectivity index (χ1) is 14.8. The number of carbonyl (C=O) groups is 1. The first-order valence-corrected chi connectivity index (χ1v) is 11.8. The minimum absolute atomic E-state index is 0.00488. The van der Waals surface area contributed by atoms with Gasteiger partial charge >= 0.3 is 0 Å². The predicted molar refractivity (Wildman–Crippen MR) is 124 cm³/mol. The fourth-order valence-corrected chi connectivity index (χ4v) is 5.26. The highest BCUT2D eigenvalue weighted by atomic mass is 35.5. The summed E-state index contributed by atoms with van der Waals surface area (Å²) < 4.78 is 28.0. The molecule has 1 amide bonds. The molecule has 4 rings (SSSR count). The molecule has 31 heavy (non-hydrogen) atoms. The highest BCUT2D eigenvalue weighted by Gasteiger charge is 2.22. The van der Waals surface area contributed by atoms with Gasteiger partial charge in [-0.2, -0.15) is 0 Å². The molecular formula is C24H21ClN2O3S. The summed E-state index contributed by atoms with van der Waals surface area (Å²) in [5.41, 5.74) is 3.09. The number of halogens is 1. The van der Waals surface area contributed by atoms with Crippen LogP contribution in [0, 0.1) is 6.92 Å². The molecule has 0 aliphatic heterocycles. The van der Waals surface area contributed by atoms with E-state index in [0.717, 1.165) is 5.56 Å². The quantitative estimate of drug-likeness (QED) is 0.436. The van der Waals surface area contributed by atoms with Crippen LogP contribution in [0.3, 0.4) is 0 Å². The van der Waals surface area contributed by atoms with Crippen LogP contribution in [0.1, 0.15) is 11.1 Å². The monoisotopic (exact) mass is 452 g/mol. The average Bonchev–Trinajstić information content (AvgIpc) is 3.09. The van der Waals surface area contributed by atoms with E-state index in [9.17, 15) is 13.2 Å². The molecule has 4 aromatic rings. The van der Waals surface area contributed by atoms with E-state index in [2.05, 4.69) is 5.32 Å². The number of hydrogen-bond donors (Lipinski definition) is 1. The molecule has 0 saturated carbocycles. The number of anilines is 1. The summed E-state index contributed by atoms with van der Waals surface area (Å²) in [6.45, 7) is 1.96. The average molecular weight is 453 g/mol. The Kier molecular flexibility index (Phi) is 5.85. The second-order valence-corrected chi connectivity index (χ2v) is 9.84. The van der Waals surface area contributed by atoms with E-state index in [1.807, 2.05) is 43.3 Å². The minimum atomic E-state index is -3.63. The third-order valence-electron chi connectivity index (χ3n) is 4.97. The summed E-state index contributed by atoms with van der Waals surface area (Å²) in [5.74, 6) is -0.374. The van der Waals surface area contributed by atoms with Gasteiger partial charge in [-0.3, -0.25) is 4.79 Å². The molecule has 1 heterocycles. The van der Waals surface area contributed by atoms with Gasteiger partial charge in [0.2, 0.25) is 5.91 Å². The van der Waals surface area contributed by atoms with Crippen molar-refractivity contribution in [2.24, 2.45) is 0 Å². The Morgan fingerprint density at radius 2 is 1.74 bits per heavy atom. The van der Waals surface area contributed by atoms with Crippen molar-refractivity contribution in [3.63, 3.8) is 0 Å². The smallest absolute Gasteiger partial charge is 0.244 e. The number of hydrogen-bond acceptors (Lipinski definition) is 3. The van der Waals surface area contributed by atoms with Gasteiger partial charge in [-0.1, -0.05) is 54.1 Å². The van der Waals surface area contributed by atoms with Crippen molar-refractivity contribution in [3.8, 4) is 0 Å². The fourth-order valence-electron chi connectivity index (χ4n) is 3.55. The van der Waals surface area contributed by atoms with Crippen molar-refractivity contribution < 1.29 is 13.2 Å². The van der Waals surface area contributed by atoms with Crippen LogP contribution in [-0.2, 0) is 26.9 Å². The van der Waals surface area contributed by atoms with Crippen LogP contribution in [0.15, 0.2) is 83.9 Å². The van der Waals surface area contributed by atoms with Gasteiger partial charge in [0.1, 0.15) is 6.54 Å². The van der Waals surface area contributed by atoms with Crippen LogP contribution in [0.4, 0.5) is 5.69 Å². The Hall–Kier alpha value is -3.09. The highest BCUT2D eigenvalue weighted by molar-refractivity contribution is 7.90. The Balaban J connectivity index is 1.64. The van der Waals surface area contributed by atoms with Crippen LogP contribution < -0.4 is 5.32 Å².